The number of nitrogens with zero attached hydrogens (tertiary/aromatic N) is 3. The molecular weight excluding hydrogens is 564 g/mol. The Hall–Kier alpha value is -3.42. The average molecular weight is 607 g/mol. The molecule has 18 heteroatoms. The first-order valence-electron chi connectivity index (χ1n) is 13.6. The highest BCUT2D eigenvalue weighted by Crippen LogP contribution is 1.99. The van der Waals surface area contributed by atoms with Gasteiger partial charge in [0.1, 0.15) is 0 Å². The number of amides is 6. The van der Waals surface area contributed by atoms with Gasteiger partial charge in [0.25, 0.3) is 0 Å². The molecule has 1 aliphatic heterocycles. The van der Waals surface area contributed by atoms with E-state index in [0.29, 0.717) is 15.2 Å². The summed E-state index contributed by atoms with van der Waals surface area (Å²) in [6.07, 6.45) is -1.22. The zero-order valence-corrected chi connectivity index (χ0v) is 23.6. The Morgan fingerprint density at radius 3 is 0.952 bits per heavy atom. The molecule has 0 spiro atoms. The molecule has 0 bridgehead atoms. The zero-order chi connectivity index (χ0) is 31.2. The van der Waals surface area contributed by atoms with Crippen LogP contribution in [0.15, 0.2) is 0 Å². The molecule has 0 aliphatic carbocycles. The zero-order valence-electron chi connectivity index (χ0n) is 23.6. The Balaban J connectivity index is 2.49. The average Bonchev–Trinajstić information content (AvgIpc) is 2.97. The summed E-state index contributed by atoms with van der Waals surface area (Å²) in [6, 6.07) is 0. The van der Waals surface area contributed by atoms with E-state index in [2.05, 4.69) is 16.0 Å². The van der Waals surface area contributed by atoms with E-state index in [1.165, 1.54) is 0 Å². The monoisotopic (exact) mass is 606 g/mol. The molecule has 6 N–H and O–H groups in total. The van der Waals surface area contributed by atoms with Crippen LogP contribution in [-0.4, -0.2) is 145 Å². The highest BCUT2D eigenvalue weighted by Gasteiger charge is 2.16. The highest BCUT2D eigenvalue weighted by molar-refractivity contribution is 5.84. The molecular formula is C24H42N6O12. The molecule has 18 nitrogen and oxygen atoms in total. The quantitative estimate of drug-likeness (QED) is 0.156. The van der Waals surface area contributed by atoms with Gasteiger partial charge in [0, 0.05) is 58.2 Å². The predicted octanol–water partition coefficient (Wildman–Crippen LogP) is -2.61. The Kier molecular flexibility index (Phi) is 19.4. The molecule has 42 heavy (non-hydrogen) atoms. The lowest BCUT2D eigenvalue weighted by atomic mass is 10.2. The van der Waals surface area contributed by atoms with Crippen LogP contribution in [0, 0.1) is 0 Å². The molecule has 0 unspecified atom stereocenters. The SMILES string of the molecule is O=C1CCC(=O)N(O)CCOCCNC(=O)CCC(=O)N(O)CCOCCNC(=O)CCC(=O)N(O)CCOCCN1. The molecule has 0 radical (unpaired) electrons. The molecule has 0 aromatic heterocycles. The molecule has 240 valence electrons. The van der Waals surface area contributed by atoms with Crippen LogP contribution in [0.2, 0.25) is 0 Å². The molecule has 0 saturated carbocycles. The third kappa shape index (κ3) is 18.1. The number of hydroxylamine groups is 6. The van der Waals surface area contributed by atoms with Gasteiger partial charge < -0.3 is 30.2 Å². The minimum atomic E-state index is -0.681. The van der Waals surface area contributed by atoms with Crippen molar-refractivity contribution in [2.45, 2.75) is 38.5 Å². The van der Waals surface area contributed by atoms with E-state index < -0.39 is 35.4 Å². The van der Waals surface area contributed by atoms with E-state index in [9.17, 15) is 44.4 Å². The Morgan fingerprint density at radius 1 is 0.429 bits per heavy atom. The first kappa shape index (κ1) is 36.6. The summed E-state index contributed by atoms with van der Waals surface area (Å²) in [5.41, 5.74) is 0. The van der Waals surface area contributed by atoms with E-state index in [4.69, 9.17) is 14.2 Å². The second-order valence-corrected chi connectivity index (χ2v) is 8.94. The van der Waals surface area contributed by atoms with E-state index in [-0.39, 0.29) is 117 Å². The van der Waals surface area contributed by atoms with Gasteiger partial charge in [-0.2, -0.15) is 0 Å². The molecule has 1 saturated heterocycles. The van der Waals surface area contributed by atoms with Gasteiger partial charge in [0.05, 0.1) is 59.3 Å². The lowest BCUT2D eigenvalue weighted by Crippen LogP contribution is -2.34. The second-order valence-electron chi connectivity index (χ2n) is 8.94. The van der Waals surface area contributed by atoms with Crippen LogP contribution in [0.3, 0.4) is 0 Å². The van der Waals surface area contributed by atoms with Gasteiger partial charge in [-0.1, -0.05) is 0 Å². The molecule has 0 atom stereocenters. The molecule has 1 rings (SSSR count). The second kappa shape index (κ2) is 22.2. The maximum Gasteiger partial charge on any atom is 0.246 e. The Morgan fingerprint density at radius 2 is 0.690 bits per heavy atom. The summed E-state index contributed by atoms with van der Waals surface area (Å²) in [6.45, 7) is 0.112. The number of carbonyl (C=O) groups is 6. The number of carbonyl (C=O) groups excluding carboxylic acids is 6. The topological polar surface area (TPSA) is 237 Å². The Labute approximate surface area is 243 Å². The number of ether oxygens (including phenoxy) is 3. The summed E-state index contributed by atoms with van der Waals surface area (Å²) >= 11 is 0. The van der Waals surface area contributed by atoms with Crippen LogP contribution in [0.4, 0.5) is 0 Å². The lowest BCUT2D eigenvalue weighted by molar-refractivity contribution is -0.168. The highest BCUT2D eigenvalue weighted by atomic mass is 16.5. The number of hydrogen-bond donors (Lipinski definition) is 6. The maximum atomic E-state index is 12.0. The third-order valence-corrected chi connectivity index (χ3v) is 5.61. The van der Waals surface area contributed by atoms with Crippen molar-refractivity contribution in [3.05, 3.63) is 0 Å². The molecule has 6 amide bonds. The summed E-state index contributed by atoms with van der Waals surface area (Å²) in [5, 5.41) is 38.3. The number of hydrogen-bond acceptors (Lipinski definition) is 12. The summed E-state index contributed by atoms with van der Waals surface area (Å²) in [7, 11) is 0. The van der Waals surface area contributed by atoms with Gasteiger partial charge in [-0.25, -0.2) is 15.2 Å². The van der Waals surface area contributed by atoms with Gasteiger partial charge in [-0.3, -0.25) is 44.4 Å². The largest absolute Gasteiger partial charge is 0.378 e. The van der Waals surface area contributed by atoms with Crippen LogP contribution in [0.25, 0.3) is 0 Å². The molecule has 0 aromatic carbocycles. The normalized spacial score (nSPS) is 21.4. The van der Waals surface area contributed by atoms with Crippen molar-refractivity contribution in [2.75, 3.05) is 78.9 Å². The summed E-state index contributed by atoms with van der Waals surface area (Å²) in [5.74, 6) is -3.36. The van der Waals surface area contributed by atoms with Gasteiger partial charge in [-0.05, 0) is 0 Å². The van der Waals surface area contributed by atoms with Crippen LogP contribution in [0.1, 0.15) is 38.5 Å². The third-order valence-electron chi connectivity index (χ3n) is 5.61. The van der Waals surface area contributed by atoms with Crippen molar-refractivity contribution in [2.24, 2.45) is 0 Å². The van der Waals surface area contributed by atoms with E-state index >= 15 is 0 Å². The minimum Gasteiger partial charge on any atom is -0.378 e. The van der Waals surface area contributed by atoms with Crippen molar-refractivity contribution >= 4 is 35.4 Å². The standard InChI is InChI=1S/C24H42N6O12/c31-19-1-4-22(34)28(37)10-16-41-14-8-26-20(32)3-6-24(36)30(39)12-18-42-15-9-27-21(33)2-5-23(35)29(38)11-17-40-13-7-25-19/h37-39H,1-18H2,(H,25,31)(H,26,32)(H,27,33). The van der Waals surface area contributed by atoms with Gasteiger partial charge >= 0.3 is 0 Å². The molecule has 1 fully saturated rings. The summed E-state index contributed by atoms with van der Waals surface area (Å²) in [4.78, 5) is 71.5. The van der Waals surface area contributed by atoms with Crippen molar-refractivity contribution in [3.63, 3.8) is 0 Å². The molecule has 1 heterocycles. The first-order chi connectivity index (χ1) is 20.1. The maximum absolute atomic E-state index is 12.0. The fourth-order valence-corrected chi connectivity index (χ4v) is 3.23. The fraction of sp³-hybridized carbons (Fsp3) is 0.750. The van der Waals surface area contributed by atoms with Crippen LogP contribution in [-0.2, 0) is 43.0 Å². The fourth-order valence-electron chi connectivity index (χ4n) is 3.23. The van der Waals surface area contributed by atoms with Crippen LogP contribution in [0.5, 0.6) is 0 Å². The molecule has 0 aromatic rings. The van der Waals surface area contributed by atoms with Gasteiger partial charge in [-0.15, -0.1) is 0 Å². The van der Waals surface area contributed by atoms with Crippen molar-refractivity contribution in [1.29, 1.82) is 0 Å². The van der Waals surface area contributed by atoms with Crippen molar-refractivity contribution in [3.8, 4) is 0 Å². The van der Waals surface area contributed by atoms with E-state index in [1.807, 2.05) is 0 Å². The van der Waals surface area contributed by atoms with Gasteiger partial charge in [0.15, 0.2) is 0 Å². The number of nitrogens with one attached hydrogen (secondary N) is 3. The first-order valence-corrected chi connectivity index (χ1v) is 13.6. The van der Waals surface area contributed by atoms with Gasteiger partial charge in [0.2, 0.25) is 35.4 Å². The molecule has 1 aliphatic rings. The minimum absolute atomic E-state index is 0.0229. The number of rotatable bonds is 0. The van der Waals surface area contributed by atoms with Crippen LogP contribution < -0.4 is 16.0 Å². The Bertz CT molecular complexity index is 768. The van der Waals surface area contributed by atoms with Crippen LogP contribution >= 0.6 is 0 Å². The lowest BCUT2D eigenvalue weighted by Gasteiger charge is -2.15. The van der Waals surface area contributed by atoms with Crippen molar-refractivity contribution in [1.82, 2.24) is 31.1 Å². The van der Waals surface area contributed by atoms with E-state index in [1.54, 1.807) is 0 Å². The predicted molar refractivity (Wildman–Crippen MR) is 140 cm³/mol. The van der Waals surface area contributed by atoms with Crippen molar-refractivity contribution < 1.29 is 58.6 Å². The summed E-state index contributed by atoms with van der Waals surface area (Å²) < 4.78 is 15.7. The van der Waals surface area contributed by atoms with E-state index in [0.717, 1.165) is 0 Å². The smallest absolute Gasteiger partial charge is 0.246 e.